The van der Waals surface area contributed by atoms with Gasteiger partial charge in [0.2, 0.25) is 0 Å². The summed E-state index contributed by atoms with van der Waals surface area (Å²) in [4.78, 5) is 3.96. The van der Waals surface area contributed by atoms with Crippen molar-refractivity contribution in [3.05, 3.63) is 53.8 Å². The predicted molar refractivity (Wildman–Crippen MR) is 54.7 cm³/mol. The van der Waals surface area contributed by atoms with Crippen molar-refractivity contribution in [1.82, 2.24) is 4.98 Å². The predicted octanol–water partition coefficient (Wildman–Crippen LogP) is 3.40. The zero-order valence-corrected chi connectivity index (χ0v) is 7.70. The number of pyridine rings is 1. The summed E-state index contributed by atoms with van der Waals surface area (Å²) in [5, 5.41) is 0.772. The van der Waals surface area contributed by atoms with E-state index in [2.05, 4.69) is 4.98 Å². The molecule has 0 fully saturated rings. The lowest BCUT2D eigenvalue weighted by Gasteiger charge is -2.02. The number of benzene rings is 1. The molecule has 0 amide bonds. The monoisotopic (exact) mass is 189 g/mol. The Morgan fingerprint density at radius 2 is 1.62 bits per heavy atom. The molecule has 0 saturated carbocycles. The smallest absolute Gasteiger partial charge is 0.0484 e. The van der Waals surface area contributed by atoms with E-state index < -0.39 is 0 Å². The van der Waals surface area contributed by atoms with Gasteiger partial charge in [0.25, 0.3) is 0 Å². The first-order chi connectivity index (χ1) is 6.38. The van der Waals surface area contributed by atoms with Gasteiger partial charge in [0.05, 0.1) is 0 Å². The van der Waals surface area contributed by atoms with Crippen LogP contribution in [0.1, 0.15) is 0 Å². The van der Waals surface area contributed by atoms with Gasteiger partial charge in [0.15, 0.2) is 0 Å². The van der Waals surface area contributed by atoms with Crippen molar-refractivity contribution >= 4 is 11.6 Å². The Labute approximate surface area is 82.0 Å². The van der Waals surface area contributed by atoms with Crippen LogP contribution in [-0.2, 0) is 0 Å². The van der Waals surface area contributed by atoms with Crippen molar-refractivity contribution in [2.75, 3.05) is 0 Å². The summed E-state index contributed by atoms with van der Waals surface area (Å²) >= 11 is 6.04. The first-order valence-electron chi connectivity index (χ1n) is 4.03. The van der Waals surface area contributed by atoms with Crippen LogP contribution in [0.25, 0.3) is 11.1 Å². The molecule has 64 valence electrons. The standard InChI is InChI=1S/C11H8ClN/c12-11-4-2-1-3-10(11)9-5-7-13-8-6-9/h1-8H. The average molecular weight is 190 g/mol. The highest BCUT2D eigenvalue weighted by Gasteiger charge is 1.99. The molecule has 1 heterocycles. The molecule has 0 aliphatic heterocycles. The van der Waals surface area contributed by atoms with Gasteiger partial charge in [-0.05, 0) is 23.8 Å². The lowest BCUT2D eigenvalue weighted by molar-refractivity contribution is 1.33. The highest BCUT2D eigenvalue weighted by atomic mass is 35.5. The Bertz CT molecular complexity index is 398. The Balaban J connectivity index is 2.54. The molecule has 1 aromatic carbocycles. The van der Waals surface area contributed by atoms with Gasteiger partial charge in [0.1, 0.15) is 0 Å². The van der Waals surface area contributed by atoms with Gasteiger partial charge in [-0.1, -0.05) is 29.8 Å². The topological polar surface area (TPSA) is 12.9 Å². The summed E-state index contributed by atoms with van der Waals surface area (Å²) in [7, 11) is 0. The maximum Gasteiger partial charge on any atom is 0.0484 e. The van der Waals surface area contributed by atoms with Gasteiger partial charge in [-0.2, -0.15) is 0 Å². The quantitative estimate of drug-likeness (QED) is 0.670. The number of hydrogen-bond donors (Lipinski definition) is 0. The summed E-state index contributed by atoms with van der Waals surface area (Å²) < 4.78 is 0. The van der Waals surface area contributed by atoms with Gasteiger partial charge in [-0.25, -0.2) is 0 Å². The fourth-order valence-corrected chi connectivity index (χ4v) is 1.47. The summed E-state index contributed by atoms with van der Waals surface area (Å²) in [5.74, 6) is 0. The molecule has 0 radical (unpaired) electrons. The van der Waals surface area contributed by atoms with Crippen molar-refractivity contribution in [2.24, 2.45) is 0 Å². The minimum Gasteiger partial charge on any atom is -0.265 e. The van der Waals surface area contributed by atoms with Crippen LogP contribution in [0.2, 0.25) is 5.02 Å². The van der Waals surface area contributed by atoms with Crippen LogP contribution < -0.4 is 0 Å². The van der Waals surface area contributed by atoms with Crippen LogP contribution in [0.4, 0.5) is 0 Å². The van der Waals surface area contributed by atoms with Gasteiger partial charge >= 0.3 is 0 Å². The molecule has 2 aromatic rings. The summed E-state index contributed by atoms with van der Waals surface area (Å²) in [5.41, 5.74) is 2.15. The van der Waals surface area contributed by atoms with E-state index in [0.29, 0.717) is 0 Å². The molecule has 0 unspecified atom stereocenters. The fraction of sp³-hybridized carbons (Fsp3) is 0. The SMILES string of the molecule is Clc1ccccc1-c1ccncc1. The largest absolute Gasteiger partial charge is 0.265 e. The molecule has 2 heteroatoms. The molecule has 0 spiro atoms. The third-order valence-corrected chi connectivity index (χ3v) is 2.19. The molecule has 0 N–H and O–H groups in total. The van der Waals surface area contributed by atoms with Crippen molar-refractivity contribution < 1.29 is 0 Å². The van der Waals surface area contributed by atoms with E-state index in [9.17, 15) is 0 Å². The zero-order chi connectivity index (χ0) is 9.10. The van der Waals surface area contributed by atoms with Crippen molar-refractivity contribution in [3.63, 3.8) is 0 Å². The average Bonchev–Trinajstić information content (AvgIpc) is 2.20. The lowest BCUT2D eigenvalue weighted by atomic mass is 10.1. The molecule has 1 nitrogen and oxygen atoms in total. The zero-order valence-electron chi connectivity index (χ0n) is 6.94. The molecule has 0 atom stereocenters. The number of halogens is 1. The Kier molecular flexibility index (Phi) is 2.28. The second-order valence-electron chi connectivity index (χ2n) is 2.72. The van der Waals surface area contributed by atoms with Gasteiger partial charge in [-0.3, -0.25) is 4.98 Å². The van der Waals surface area contributed by atoms with Crippen molar-refractivity contribution in [1.29, 1.82) is 0 Å². The first kappa shape index (κ1) is 8.27. The second-order valence-corrected chi connectivity index (χ2v) is 3.12. The van der Waals surface area contributed by atoms with E-state index >= 15 is 0 Å². The Hall–Kier alpha value is -1.34. The van der Waals surface area contributed by atoms with E-state index in [4.69, 9.17) is 11.6 Å². The van der Waals surface area contributed by atoms with Gasteiger partial charge < -0.3 is 0 Å². The minimum atomic E-state index is 0.772. The van der Waals surface area contributed by atoms with E-state index in [1.165, 1.54) is 0 Å². The van der Waals surface area contributed by atoms with E-state index in [-0.39, 0.29) is 0 Å². The van der Waals surface area contributed by atoms with Crippen LogP contribution in [0.3, 0.4) is 0 Å². The second kappa shape index (κ2) is 3.58. The third kappa shape index (κ3) is 1.70. The van der Waals surface area contributed by atoms with Crippen LogP contribution >= 0.6 is 11.6 Å². The van der Waals surface area contributed by atoms with E-state index in [1.54, 1.807) is 12.4 Å². The highest BCUT2D eigenvalue weighted by molar-refractivity contribution is 6.33. The number of rotatable bonds is 1. The maximum absolute atomic E-state index is 6.04. The number of hydrogen-bond acceptors (Lipinski definition) is 1. The third-order valence-electron chi connectivity index (χ3n) is 1.87. The van der Waals surface area contributed by atoms with Crippen LogP contribution in [0.15, 0.2) is 48.8 Å². The summed E-state index contributed by atoms with van der Waals surface area (Å²) in [6.45, 7) is 0. The van der Waals surface area contributed by atoms with Crippen molar-refractivity contribution in [3.8, 4) is 11.1 Å². The van der Waals surface area contributed by atoms with Crippen LogP contribution in [-0.4, -0.2) is 4.98 Å². The molecule has 0 bridgehead atoms. The van der Waals surface area contributed by atoms with E-state index in [1.807, 2.05) is 36.4 Å². The first-order valence-corrected chi connectivity index (χ1v) is 4.40. The molecule has 13 heavy (non-hydrogen) atoms. The van der Waals surface area contributed by atoms with E-state index in [0.717, 1.165) is 16.1 Å². The maximum atomic E-state index is 6.04. The summed E-state index contributed by atoms with van der Waals surface area (Å²) in [6.07, 6.45) is 3.53. The summed E-state index contributed by atoms with van der Waals surface area (Å²) in [6, 6.07) is 11.7. The van der Waals surface area contributed by atoms with Crippen LogP contribution in [0.5, 0.6) is 0 Å². The van der Waals surface area contributed by atoms with Crippen molar-refractivity contribution in [2.45, 2.75) is 0 Å². The van der Waals surface area contributed by atoms with Gasteiger partial charge in [-0.15, -0.1) is 0 Å². The Morgan fingerprint density at radius 1 is 0.923 bits per heavy atom. The Morgan fingerprint density at radius 3 is 2.31 bits per heavy atom. The lowest BCUT2D eigenvalue weighted by Crippen LogP contribution is -1.78. The minimum absolute atomic E-state index is 0.772. The molecule has 1 aromatic heterocycles. The fourth-order valence-electron chi connectivity index (χ4n) is 1.23. The molecule has 0 aliphatic carbocycles. The molecular weight excluding hydrogens is 182 g/mol. The highest BCUT2D eigenvalue weighted by Crippen LogP contribution is 2.26. The molecule has 2 rings (SSSR count). The normalized spacial score (nSPS) is 9.92. The number of aromatic nitrogens is 1. The molecule has 0 aliphatic rings. The van der Waals surface area contributed by atoms with Crippen LogP contribution in [0, 0.1) is 0 Å². The molecule has 0 saturated heterocycles. The van der Waals surface area contributed by atoms with Gasteiger partial charge in [0, 0.05) is 23.0 Å². The number of nitrogens with zero attached hydrogens (tertiary/aromatic N) is 1. The molecular formula is C11H8ClN.